The largest absolute Gasteiger partial charge is 0.497 e. The maximum absolute atomic E-state index is 6.24. The van der Waals surface area contributed by atoms with Crippen LogP contribution >= 0.6 is 23.8 Å². The van der Waals surface area contributed by atoms with Crippen LogP contribution in [-0.2, 0) is 6.42 Å². The molecule has 0 aliphatic rings. The lowest BCUT2D eigenvalue weighted by Gasteiger charge is -2.17. The van der Waals surface area contributed by atoms with E-state index >= 15 is 0 Å². The number of aromatic amines is 1. The molecule has 4 aromatic rings. The zero-order valence-electron chi connectivity index (χ0n) is 22.3. The van der Waals surface area contributed by atoms with Gasteiger partial charge >= 0.3 is 0 Å². The van der Waals surface area contributed by atoms with E-state index in [0.717, 1.165) is 33.6 Å². The van der Waals surface area contributed by atoms with Crippen LogP contribution in [0.4, 0.5) is 11.6 Å². The van der Waals surface area contributed by atoms with Gasteiger partial charge in [0.05, 0.1) is 32.0 Å². The van der Waals surface area contributed by atoms with E-state index in [1.165, 1.54) is 7.11 Å². The van der Waals surface area contributed by atoms with Crippen molar-refractivity contribution in [3.63, 3.8) is 0 Å². The van der Waals surface area contributed by atoms with Gasteiger partial charge in [-0.05, 0) is 62.3 Å². The Kier molecular flexibility index (Phi) is 9.05. The Labute approximate surface area is 237 Å². The van der Waals surface area contributed by atoms with E-state index < -0.39 is 0 Å². The molecule has 0 atom stereocenters. The summed E-state index contributed by atoms with van der Waals surface area (Å²) in [5, 5.41) is 11.2. The number of ether oxygens (including phenoxy) is 3. The lowest BCUT2D eigenvalue weighted by Crippen LogP contribution is -2.39. The first kappa shape index (κ1) is 27.9. The Balaban J connectivity index is 1.55. The van der Waals surface area contributed by atoms with Crippen molar-refractivity contribution in [1.29, 1.82) is 0 Å². The van der Waals surface area contributed by atoms with Crippen molar-refractivity contribution in [1.82, 2.24) is 20.3 Å². The number of fused-ring (bicyclic) bond motifs is 1. The zero-order chi connectivity index (χ0) is 27.9. The third kappa shape index (κ3) is 7.06. The molecule has 0 aliphatic carbocycles. The van der Waals surface area contributed by atoms with Gasteiger partial charge in [0, 0.05) is 47.2 Å². The number of hydrogen-bond donors (Lipinski definition) is 4. The average molecular weight is 568 g/mol. The van der Waals surface area contributed by atoms with Crippen molar-refractivity contribution in [2.75, 3.05) is 38.5 Å². The maximum Gasteiger partial charge on any atom is 0.229 e. The lowest BCUT2D eigenvalue weighted by atomic mass is 10.1. The van der Waals surface area contributed by atoms with Crippen molar-refractivity contribution in [3.05, 3.63) is 64.6 Å². The van der Waals surface area contributed by atoms with Crippen molar-refractivity contribution < 1.29 is 14.2 Å². The fourth-order valence-corrected chi connectivity index (χ4v) is 4.43. The van der Waals surface area contributed by atoms with Gasteiger partial charge in [-0.15, -0.1) is 0 Å². The molecule has 0 bridgehead atoms. The van der Waals surface area contributed by atoms with Crippen molar-refractivity contribution in [3.8, 4) is 17.2 Å². The van der Waals surface area contributed by atoms with Crippen LogP contribution in [-0.4, -0.2) is 53.9 Å². The minimum atomic E-state index is 0.269. The van der Waals surface area contributed by atoms with Crippen LogP contribution in [0.5, 0.6) is 17.2 Å². The minimum absolute atomic E-state index is 0.269. The Morgan fingerprint density at radius 2 is 1.72 bits per heavy atom. The normalized spacial score (nSPS) is 11.3. The number of aromatic nitrogens is 3. The number of halogens is 1. The monoisotopic (exact) mass is 567 g/mol. The highest BCUT2D eigenvalue weighted by Crippen LogP contribution is 2.35. The standard InChI is InChI=1S/C27H30ClN7O3S/c1-15-10-16(2)32-26(31-15)34-25(29-9-8-17-14-30-21-7-6-18(36-3)11-19(17)21)35-27(39)33-22-13-23(37-4)20(28)12-24(22)38-5/h6-7,10-14,30H,8-9H2,1-5H3,(H3,29,31,32,33,34,35,39). The van der Waals surface area contributed by atoms with E-state index in [0.29, 0.717) is 47.1 Å². The second-order valence-electron chi connectivity index (χ2n) is 8.57. The van der Waals surface area contributed by atoms with Crippen LogP contribution in [0.3, 0.4) is 0 Å². The number of guanidine groups is 1. The van der Waals surface area contributed by atoms with Gasteiger partial charge in [0.25, 0.3) is 0 Å². The summed E-state index contributed by atoms with van der Waals surface area (Å²) in [5.41, 5.74) is 4.39. The van der Waals surface area contributed by atoms with E-state index in [-0.39, 0.29) is 5.11 Å². The zero-order valence-corrected chi connectivity index (χ0v) is 23.9. The molecular weight excluding hydrogens is 538 g/mol. The Hall–Kier alpha value is -4.09. The number of anilines is 2. The SMILES string of the molecule is COc1ccc2[nH]cc(CCN=C(NC(=S)Nc3cc(OC)c(Cl)cc3OC)Nc3nc(C)cc(C)n3)c2c1. The molecule has 0 amide bonds. The first-order valence-corrected chi connectivity index (χ1v) is 12.9. The Morgan fingerprint density at radius 3 is 2.41 bits per heavy atom. The van der Waals surface area contributed by atoms with Crippen molar-refractivity contribution in [2.24, 2.45) is 4.99 Å². The predicted molar refractivity (Wildman–Crippen MR) is 160 cm³/mol. The molecule has 39 heavy (non-hydrogen) atoms. The first-order chi connectivity index (χ1) is 18.8. The molecule has 2 aromatic heterocycles. The van der Waals surface area contributed by atoms with E-state index in [1.54, 1.807) is 26.4 Å². The summed E-state index contributed by atoms with van der Waals surface area (Å²) >= 11 is 11.8. The van der Waals surface area contributed by atoms with Crippen LogP contribution < -0.4 is 30.2 Å². The molecule has 0 saturated heterocycles. The maximum atomic E-state index is 6.24. The second kappa shape index (κ2) is 12.6. The number of hydrogen-bond acceptors (Lipinski definition) is 7. The summed E-state index contributed by atoms with van der Waals surface area (Å²) in [6.07, 6.45) is 2.66. The number of methoxy groups -OCH3 is 3. The van der Waals surface area contributed by atoms with Crippen LogP contribution in [0.25, 0.3) is 10.9 Å². The quantitative estimate of drug-likeness (QED) is 0.129. The summed E-state index contributed by atoms with van der Waals surface area (Å²) in [5.74, 6) is 2.57. The van der Waals surface area contributed by atoms with Gasteiger partial charge in [-0.1, -0.05) is 11.6 Å². The molecule has 0 radical (unpaired) electrons. The van der Waals surface area contributed by atoms with Crippen LogP contribution in [0.2, 0.25) is 5.02 Å². The summed E-state index contributed by atoms with van der Waals surface area (Å²) in [7, 11) is 4.74. The molecule has 0 spiro atoms. The van der Waals surface area contributed by atoms with Gasteiger partial charge in [-0.3, -0.25) is 10.3 Å². The number of aryl methyl sites for hydroxylation is 2. The van der Waals surface area contributed by atoms with E-state index in [2.05, 4.69) is 30.9 Å². The molecule has 0 saturated carbocycles. The van der Waals surface area contributed by atoms with Gasteiger partial charge in [0.1, 0.15) is 17.2 Å². The number of H-pyrrole nitrogens is 1. The first-order valence-electron chi connectivity index (χ1n) is 12.1. The van der Waals surface area contributed by atoms with E-state index in [1.807, 2.05) is 44.3 Å². The summed E-state index contributed by atoms with van der Waals surface area (Å²) in [6.45, 7) is 4.27. The molecule has 0 unspecified atom stereocenters. The van der Waals surface area contributed by atoms with E-state index in [4.69, 9.17) is 43.0 Å². The Bertz CT molecular complexity index is 1500. The van der Waals surface area contributed by atoms with Gasteiger partial charge in [-0.2, -0.15) is 0 Å². The number of rotatable bonds is 8. The molecule has 2 heterocycles. The van der Waals surface area contributed by atoms with Crippen molar-refractivity contribution >= 4 is 57.4 Å². The second-order valence-corrected chi connectivity index (χ2v) is 9.39. The summed E-state index contributed by atoms with van der Waals surface area (Å²) in [6, 6.07) is 11.2. The highest BCUT2D eigenvalue weighted by atomic mass is 35.5. The van der Waals surface area contributed by atoms with E-state index in [9.17, 15) is 0 Å². The van der Waals surface area contributed by atoms with Crippen molar-refractivity contribution in [2.45, 2.75) is 20.3 Å². The number of aliphatic imine (C=N–C) groups is 1. The summed E-state index contributed by atoms with van der Waals surface area (Å²) < 4.78 is 16.2. The fraction of sp³-hybridized carbons (Fsp3) is 0.259. The molecule has 4 rings (SSSR count). The third-order valence-corrected chi connectivity index (χ3v) is 6.29. The number of benzene rings is 2. The van der Waals surface area contributed by atoms with Crippen LogP contribution in [0.15, 0.2) is 47.6 Å². The summed E-state index contributed by atoms with van der Waals surface area (Å²) in [4.78, 5) is 17.0. The molecule has 12 heteroatoms. The number of nitrogens with zero attached hydrogens (tertiary/aromatic N) is 3. The van der Waals surface area contributed by atoms with Gasteiger partial charge in [-0.25, -0.2) is 9.97 Å². The fourth-order valence-electron chi connectivity index (χ4n) is 4.00. The highest BCUT2D eigenvalue weighted by molar-refractivity contribution is 7.80. The third-order valence-electron chi connectivity index (χ3n) is 5.79. The predicted octanol–water partition coefficient (Wildman–Crippen LogP) is 5.25. The van der Waals surface area contributed by atoms with Gasteiger partial charge < -0.3 is 29.8 Å². The van der Waals surface area contributed by atoms with Gasteiger partial charge in [0.15, 0.2) is 5.11 Å². The van der Waals surface area contributed by atoms with Crippen LogP contribution in [0, 0.1) is 13.8 Å². The van der Waals surface area contributed by atoms with Gasteiger partial charge in [0.2, 0.25) is 11.9 Å². The minimum Gasteiger partial charge on any atom is -0.497 e. The molecule has 204 valence electrons. The molecule has 4 N–H and O–H groups in total. The molecule has 0 aliphatic heterocycles. The average Bonchev–Trinajstić information content (AvgIpc) is 3.30. The Morgan fingerprint density at radius 1 is 0.974 bits per heavy atom. The topological polar surface area (TPSA) is 118 Å². The highest BCUT2D eigenvalue weighted by Gasteiger charge is 2.13. The molecular formula is C27H30ClN7O3S. The number of thiocarbonyl (C=S) groups is 1. The molecule has 2 aromatic carbocycles. The number of nitrogens with one attached hydrogen (secondary N) is 4. The smallest absolute Gasteiger partial charge is 0.229 e. The van der Waals surface area contributed by atoms with Crippen LogP contribution in [0.1, 0.15) is 17.0 Å². The molecule has 10 nitrogen and oxygen atoms in total. The lowest BCUT2D eigenvalue weighted by molar-refractivity contribution is 0.405. The molecule has 0 fully saturated rings.